The standard InChI is InChI=1S/C13H14N6O/c1-8(9-3-2-4-10(14)7-9)15-11-5-6-12-16-17-13(20)19(12)18-11/h2-8H,14H2,1H3,(H,15,18)(H,17,20). The Balaban J connectivity index is 1.88. The predicted octanol–water partition coefficient (Wildman–Crippen LogP) is 1.17. The SMILES string of the molecule is CC(Nc1ccc2n[nH]c(=O)n2n1)c1cccc(N)c1. The molecule has 2 heterocycles. The van der Waals surface area contributed by atoms with Gasteiger partial charge in [0.05, 0.1) is 6.04 Å². The van der Waals surface area contributed by atoms with Gasteiger partial charge in [0.25, 0.3) is 0 Å². The summed E-state index contributed by atoms with van der Waals surface area (Å²) in [5.74, 6) is 0.593. The van der Waals surface area contributed by atoms with Crippen molar-refractivity contribution < 1.29 is 0 Å². The van der Waals surface area contributed by atoms with Crippen molar-refractivity contribution in [2.24, 2.45) is 0 Å². The Labute approximate surface area is 114 Å². The number of aromatic amines is 1. The smallest absolute Gasteiger partial charge is 0.364 e. The molecule has 1 atom stereocenters. The van der Waals surface area contributed by atoms with Crippen LogP contribution >= 0.6 is 0 Å². The first-order valence-corrected chi connectivity index (χ1v) is 6.20. The minimum Gasteiger partial charge on any atom is -0.399 e. The molecule has 0 fully saturated rings. The number of rotatable bonds is 3. The maximum atomic E-state index is 11.5. The Morgan fingerprint density at radius 3 is 3.00 bits per heavy atom. The lowest BCUT2D eigenvalue weighted by molar-refractivity contribution is 0.831. The summed E-state index contributed by atoms with van der Waals surface area (Å²) in [7, 11) is 0. The largest absolute Gasteiger partial charge is 0.399 e. The first-order chi connectivity index (χ1) is 9.63. The van der Waals surface area contributed by atoms with Crippen molar-refractivity contribution >= 4 is 17.2 Å². The molecular weight excluding hydrogens is 256 g/mol. The van der Waals surface area contributed by atoms with Gasteiger partial charge in [-0.15, -0.1) is 5.10 Å². The van der Waals surface area contributed by atoms with Crippen molar-refractivity contribution in [2.45, 2.75) is 13.0 Å². The average molecular weight is 270 g/mol. The number of H-pyrrole nitrogens is 1. The van der Waals surface area contributed by atoms with E-state index in [-0.39, 0.29) is 11.7 Å². The van der Waals surface area contributed by atoms with Crippen LogP contribution in [0.4, 0.5) is 11.5 Å². The zero-order chi connectivity index (χ0) is 14.1. The first-order valence-electron chi connectivity index (χ1n) is 6.20. The second-order valence-electron chi connectivity index (χ2n) is 4.55. The van der Waals surface area contributed by atoms with Gasteiger partial charge in [-0.25, -0.2) is 9.89 Å². The van der Waals surface area contributed by atoms with Gasteiger partial charge in [-0.3, -0.25) is 0 Å². The van der Waals surface area contributed by atoms with Crippen molar-refractivity contribution in [1.82, 2.24) is 19.8 Å². The highest BCUT2D eigenvalue weighted by molar-refractivity contribution is 5.47. The van der Waals surface area contributed by atoms with Gasteiger partial charge in [-0.05, 0) is 36.8 Å². The molecule has 7 nitrogen and oxygen atoms in total. The highest BCUT2D eigenvalue weighted by Gasteiger charge is 2.08. The van der Waals surface area contributed by atoms with Crippen LogP contribution < -0.4 is 16.7 Å². The summed E-state index contributed by atoms with van der Waals surface area (Å²) in [4.78, 5) is 11.5. The topological polar surface area (TPSA) is 101 Å². The Morgan fingerprint density at radius 2 is 2.20 bits per heavy atom. The van der Waals surface area contributed by atoms with Crippen LogP contribution in [0.15, 0.2) is 41.2 Å². The zero-order valence-corrected chi connectivity index (χ0v) is 10.9. The molecule has 1 unspecified atom stereocenters. The van der Waals surface area contributed by atoms with Gasteiger partial charge in [0.2, 0.25) is 0 Å². The fourth-order valence-electron chi connectivity index (χ4n) is 2.01. The number of nitrogens with zero attached hydrogens (tertiary/aromatic N) is 3. The molecule has 1 aromatic carbocycles. The molecule has 4 N–H and O–H groups in total. The van der Waals surface area contributed by atoms with Crippen molar-refractivity contribution in [1.29, 1.82) is 0 Å². The molecule has 0 aliphatic heterocycles. The minimum atomic E-state index is -0.361. The molecule has 0 saturated carbocycles. The number of anilines is 2. The summed E-state index contributed by atoms with van der Waals surface area (Å²) in [5.41, 5.74) is 7.65. The third kappa shape index (κ3) is 2.20. The van der Waals surface area contributed by atoms with Gasteiger partial charge in [0, 0.05) is 5.69 Å². The second-order valence-corrected chi connectivity index (χ2v) is 4.55. The predicted molar refractivity (Wildman–Crippen MR) is 76.5 cm³/mol. The van der Waals surface area contributed by atoms with Gasteiger partial charge in [0.15, 0.2) is 5.65 Å². The highest BCUT2D eigenvalue weighted by Crippen LogP contribution is 2.19. The summed E-state index contributed by atoms with van der Waals surface area (Å²) in [6, 6.07) is 11.1. The number of aromatic nitrogens is 4. The number of nitrogens with two attached hydrogens (primary N) is 1. The molecule has 0 aliphatic rings. The Bertz CT molecular complexity index is 806. The van der Waals surface area contributed by atoms with E-state index < -0.39 is 0 Å². The first kappa shape index (κ1) is 12.2. The summed E-state index contributed by atoms with van der Waals surface area (Å²) in [6.07, 6.45) is 0. The fraction of sp³-hybridized carbons (Fsp3) is 0.154. The molecule has 0 amide bonds. The molecule has 0 bridgehead atoms. The molecule has 7 heteroatoms. The second kappa shape index (κ2) is 4.69. The summed E-state index contributed by atoms with van der Waals surface area (Å²) in [6.45, 7) is 2.00. The quantitative estimate of drug-likeness (QED) is 0.620. The van der Waals surface area contributed by atoms with Crippen LogP contribution in [0.1, 0.15) is 18.5 Å². The molecule has 3 aromatic rings. The maximum absolute atomic E-state index is 11.5. The number of benzene rings is 1. The van der Waals surface area contributed by atoms with E-state index in [9.17, 15) is 4.79 Å². The molecule has 0 radical (unpaired) electrons. The van der Waals surface area contributed by atoms with Gasteiger partial charge < -0.3 is 11.1 Å². The molecule has 0 spiro atoms. The average Bonchev–Trinajstić information content (AvgIpc) is 2.80. The number of hydrogen-bond donors (Lipinski definition) is 3. The van der Waals surface area contributed by atoms with E-state index in [0.29, 0.717) is 17.2 Å². The number of nitrogens with one attached hydrogen (secondary N) is 2. The van der Waals surface area contributed by atoms with Crippen LogP contribution in [0.5, 0.6) is 0 Å². The van der Waals surface area contributed by atoms with Crippen LogP contribution in [0.2, 0.25) is 0 Å². The van der Waals surface area contributed by atoms with Crippen molar-refractivity contribution in [2.75, 3.05) is 11.1 Å². The van der Waals surface area contributed by atoms with E-state index >= 15 is 0 Å². The van der Waals surface area contributed by atoms with E-state index in [1.54, 1.807) is 12.1 Å². The van der Waals surface area contributed by atoms with Crippen molar-refractivity contribution in [3.8, 4) is 0 Å². The van der Waals surface area contributed by atoms with Crippen molar-refractivity contribution in [3.63, 3.8) is 0 Å². The Kier molecular flexibility index (Phi) is 2.86. The lowest BCUT2D eigenvalue weighted by atomic mass is 10.1. The lowest BCUT2D eigenvalue weighted by Crippen LogP contribution is -2.15. The van der Waals surface area contributed by atoms with Crippen LogP contribution in [0, 0.1) is 0 Å². The third-order valence-electron chi connectivity index (χ3n) is 3.05. The van der Waals surface area contributed by atoms with E-state index in [1.807, 2.05) is 31.2 Å². The molecule has 0 saturated heterocycles. The lowest BCUT2D eigenvalue weighted by Gasteiger charge is -2.15. The maximum Gasteiger partial charge on any atom is 0.364 e. The molecular formula is C13H14N6O. The van der Waals surface area contributed by atoms with Gasteiger partial charge >= 0.3 is 5.69 Å². The monoisotopic (exact) mass is 270 g/mol. The van der Waals surface area contributed by atoms with Gasteiger partial charge in [-0.2, -0.15) is 9.61 Å². The van der Waals surface area contributed by atoms with E-state index in [1.165, 1.54) is 4.52 Å². The Hall–Kier alpha value is -2.83. The Morgan fingerprint density at radius 1 is 1.35 bits per heavy atom. The van der Waals surface area contributed by atoms with E-state index in [2.05, 4.69) is 20.6 Å². The van der Waals surface area contributed by atoms with Crippen LogP contribution in [-0.4, -0.2) is 19.8 Å². The fourth-order valence-corrected chi connectivity index (χ4v) is 2.01. The van der Waals surface area contributed by atoms with Crippen molar-refractivity contribution in [3.05, 3.63) is 52.4 Å². The van der Waals surface area contributed by atoms with Gasteiger partial charge in [-0.1, -0.05) is 12.1 Å². The number of hydrogen-bond acceptors (Lipinski definition) is 5. The molecule has 102 valence electrons. The zero-order valence-electron chi connectivity index (χ0n) is 10.9. The third-order valence-corrected chi connectivity index (χ3v) is 3.05. The highest BCUT2D eigenvalue weighted by atomic mass is 16.2. The summed E-state index contributed by atoms with van der Waals surface area (Å²) < 4.78 is 1.22. The molecule has 2 aromatic heterocycles. The summed E-state index contributed by atoms with van der Waals surface area (Å²) in [5, 5.41) is 13.6. The van der Waals surface area contributed by atoms with E-state index in [0.717, 1.165) is 5.56 Å². The van der Waals surface area contributed by atoms with Crippen LogP contribution in [0.25, 0.3) is 5.65 Å². The van der Waals surface area contributed by atoms with Gasteiger partial charge in [0.1, 0.15) is 5.82 Å². The molecule has 0 aliphatic carbocycles. The normalized spacial score (nSPS) is 12.4. The molecule has 20 heavy (non-hydrogen) atoms. The number of fused-ring (bicyclic) bond motifs is 1. The summed E-state index contributed by atoms with van der Waals surface area (Å²) >= 11 is 0. The number of nitrogen functional groups attached to an aromatic ring is 1. The van der Waals surface area contributed by atoms with E-state index in [4.69, 9.17) is 5.73 Å². The van der Waals surface area contributed by atoms with Crippen LogP contribution in [-0.2, 0) is 0 Å². The minimum absolute atomic E-state index is 0.0195. The van der Waals surface area contributed by atoms with Crippen LogP contribution in [0.3, 0.4) is 0 Å². The molecule has 3 rings (SSSR count).